The van der Waals surface area contributed by atoms with Crippen LogP contribution in [-0.2, 0) is 27.8 Å². The van der Waals surface area contributed by atoms with Crippen LogP contribution in [0.5, 0.6) is 0 Å². The Hall–Kier alpha value is -3.07. The van der Waals surface area contributed by atoms with Gasteiger partial charge in [0.05, 0.1) is 0 Å². The Morgan fingerprint density at radius 1 is 0.833 bits per heavy atom. The first-order valence-corrected chi connectivity index (χ1v) is 16.2. The molecular formula is C33H41N5O4. The minimum Gasteiger partial charge on any atom is -0.381 e. The van der Waals surface area contributed by atoms with E-state index in [1.54, 1.807) is 0 Å². The van der Waals surface area contributed by atoms with E-state index in [1.807, 2.05) is 12.1 Å². The van der Waals surface area contributed by atoms with Crippen LogP contribution < -0.4 is 4.90 Å². The number of carbonyl (C=O) groups is 1. The van der Waals surface area contributed by atoms with Gasteiger partial charge in [-0.1, -0.05) is 16.4 Å². The van der Waals surface area contributed by atoms with Crippen molar-refractivity contribution in [1.82, 2.24) is 20.3 Å². The predicted octanol–water partition coefficient (Wildman–Crippen LogP) is 6.08. The van der Waals surface area contributed by atoms with E-state index in [9.17, 15) is 4.79 Å². The van der Waals surface area contributed by atoms with Gasteiger partial charge in [-0.3, -0.25) is 4.79 Å². The van der Waals surface area contributed by atoms with E-state index in [-0.39, 0.29) is 22.7 Å². The third-order valence-corrected chi connectivity index (χ3v) is 10.9. The lowest BCUT2D eigenvalue weighted by molar-refractivity contribution is -0.126. The van der Waals surface area contributed by atoms with Crippen LogP contribution >= 0.6 is 0 Å². The number of aromatic nitrogens is 4. The number of nitrogens with zero attached hydrogens (tertiary/aromatic N) is 5. The molecule has 42 heavy (non-hydrogen) atoms. The summed E-state index contributed by atoms with van der Waals surface area (Å²) in [6, 6.07) is 8.15. The molecule has 222 valence electrons. The number of benzene rings is 1. The summed E-state index contributed by atoms with van der Waals surface area (Å²) < 4.78 is 17.1. The van der Waals surface area contributed by atoms with Crippen molar-refractivity contribution in [3.63, 3.8) is 0 Å². The maximum atomic E-state index is 14.2. The van der Waals surface area contributed by atoms with Crippen molar-refractivity contribution >= 4 is 11.6 Å². The summed E-state index contributed by atoms with van der Waals surface area (Å²) in [7, 11) is 0. The summed E-state index contributed by atoms with van der Waals surface area (Å²) in [4.78, 5) is 25.8. The summed E-state index contributed by atoms with van der Waals surface area (Å²) in [6.07, 6.45) is 14.8. The lowest BCUT2D eigenvalue weighted by atomic mass is 9.53. The van der Waals surface area contributed by atoms with E-state index in [0.717, 1.165) is 105 Å². The molecule has 0 unspecified atom stereocenters. The molecule has 1 aromatic carbocycles. The Balaban J connectivity index is 1.03. The molecule has 2 bridgehead atoms. The van der Waals surface area contributed by atoms with Crippen LogP contribution in [0.4, 0.5) is 5.69 Å². The van der Waals surface area contributed by atoms with Gasteiger partial charge in [0.15, 0.2) is 11.6 Å². The Bertz CT molecular complexity index is 1410. The molecule has 3 heterocycles. The molecule has 6 fully saturated rings. The van der Waals surface area contributed by atoms with E-state index in [0.29, 0.717) is 25.0 Å². The van der Waals surface area contributed by atoms with Gasteiger partial charge in [-0.2, -0.15) is 9.97 Å². The van der Waals surface area contributed by atoms with Crippen LogP contribution in [0.15, 0.2) is 33.3 Å². The molecule has 9 heteroatoms. The first-order chi connectivity index (χ1) is 20.6. The van der Waals surface area contributed by atoms with Gasteiger partial charge in [0.2, 0.25) is 11.8 Å². The van der Waals surface area contributed by atoms with Crippen LogP contribution in [0.1, 0.15) is 94.6 Å². The second-order valence-corrected chi connectivity index (χ2v) is 14.0. The molecule has 9 rings (SSSR count). The predicted molar refractivity (Wildman–Crippen MR) is 155 cm³/mol. The normalized spacial score (nSPS) is 27.8. The fraction of sp³-hybridized carbons (Fsp3) is 0.667. The van der Waals surface area contributed by atoms with Gasteiger partial charge >= 0.3 is 0 Å². The molecule has 0 radical (unpaired) electrons. The second kappa shape index (κ2) is 10.6. The molecule has 3 aromatic rings. The fourth-order valence-electron chi connectivity index (χ4n) is 7.59. The molecule has 0 spiro atoms. The first kappa shape index (κ1) is 26.5. The molecular weight excluding hydrogens is 530 g/mol. The van der Waals surface area contributed by atoms with Gasteiger partial charge < -0.3 is 18.7 Å². The van der Waals surface area contributed by atoms with Crippen molar-refractivity contribution in [2.45, 2.75) is 95.3 Å². The third kappa shape index (κ3) is 5.29. The van der Waals surface area contributed by atoms with Gasteiger partial charge in [0.25, 0.3) is 5.89 Å². The van der Waals surface area contributed by atoms with Crippen molar-refractivity contribution in [2.24, 2.45) is 23.2 Å². The smallest absolute Gasteiger partial charge is 0.257 e. The summed E-state index contributed by atoms with van der Waals surface area (Å²) in [5.41, 5.74) is 1.89. The number of ether oxygens (including phenoxy) is 1. The molecule has 0 atom stereocenters. The highest BCUT2D eigenvalue weighted by molar-refractivity contribution is 5.95. The van der Waals surface area contributed by atoms with Gasteiger partial charge in [0.1, 0.15) is 0 Å². The molecule has 5 saturated carbocycles. The molecule has 0 N–H and O–H groups in total. The van der Waals surface area contributed by atoms with Crippen LogP contribution in [-0.4, -0.2) is 45.9 Å². The van der Waals surface area contributed by atoms with Crippen LogP contribution in [0.25, 0.3) is 11.5 Å². The molecule has 5 aliphatic carbocycles. The lowest BCUT2D eigenvalue weighted by Crippen LogP contribution is -2.52. The number of anilines is 1. The maximum absolute atomic E-state index is 14.2. The highest BCUT2D eigenvalue weighted by Gasteiger charge is 2.53. The lowest BCUT2D eigenvalue weighted by Gasteiger charge is -2.53. The highest BCUT2D eigenvalue weighted by atomic mass is 16.5. The molecule has 6 aliphatic rings. The average Bonchev–Trinajstić information content (AvgIpc) is 3.94. The summed E-state index contributed by atoms with van der Waals surface area (Å²) in [6.45, 7) is 2.03. The second-order valence-electron chi connectivity index (χ2n) is 14.0. The maximum Gasteiger partial charge on any atom is 0.257 e. The van der Waals surface area contributed by atoms with Crippen LogP contribution in [0, 0.1) is 23.2 Å². The zero-order valence-electron chi connectivity index (χ0n) is 24.4. The minimum atomic E-state index is -0.0121. The first-order valence-electron chi connectivity index (χ1n) is 16.2. The van der Waals surface area contributed by atoms with E-state index < -0.39 is 0 Å². The van der Waals surface area contributed by atoms with E-state index in [2.05, 4.69) is 32.3 Å². The van der Waals surface area contributed by atoms with Gasteiger partial charge in [-0.05, 0) is 112 Å². The summed E-state index contributed by atoms with van der Waals surface area (Å²) >= 11 is 0. The van der Waals surface area contributed by atoms with E-state index >= 15 is 0 Å². The van der Waals surface area contributed by atoms with Crippen molar-refractivity contribution in [2.75, 3.05) is 24.7 Å². The molecule has 2 aromatic heterocycles. The molecule has 1 saturated heterocycles. The topological polar surface area (TPSA) is 107 Å². The molecule has 1 aliphatic heterocycles. The quantitative estimate of drug-likeness (QED) is 0.288. The third-order valence-electron chi connectivity index (χ3n) is 10.9. The number of hydrogen-bond donors (Lipinski definition) is 0. The number of fused-ring (bicyclic) bond motifs is 3. The monoisotopic (exact) mass is 571 g/mol. The van der Waals surface area contributed by atoms with Crippen LogP contribution in [0.2, 0.25) is 0 Å². The standard InChI is InChI=1S/C33H41N5O4/c39-30(24-8-16-40-17-9-24)38(26-3-1-2-25(20-26)29-34-27(36-41-29)18-22-4-5-22)21-32-10-13-33(14-11-32,15-12-32)31-35-28(37-42-31)19-23-6-7-23/h1-3,20,22-24H,4-19,21H2. The zero-order chi connectivity index (χ0) is 28.1. The average molecular weight is 572 g/mol. The number of rotatable bonds is 10. The molecule has 9 nitrogen and oxygen atoms in total. The van der Waals surface area contributed by atoms with Crippen molar-refractivity contribution in [3.8, 4) is 11.5 Å². The Labute approximate surface area is 246 Å². The number of carbonyl (C=O) groups excluding carboxylic acids is 1. The zero-order valence-corrected chi connectivity index (χ0v) is 24.4. The van der Waals surface area contributed by atoms with Crippen molar-refractivity contribution < 1.29 is 18.6 Å². The minimum absolute atomic E-state index is 0.00213. The van der Waals surface area contributed by atoms with Gasteiger partial charge in [-0.25, -0.2) is 0 Å². The van der Waals surface area contributed by atoms with E-state index in [4.69, 9.17) is 18.8 Å². The number of hydrogen-bond acceptors (Lipinski definition) is 8. The largest absolute Gasteiger partial charge is 0.381 e. The summed E-state index contributed by atoms with van der Waals surface area (Å²) in [5, 5.41) is 8.58. The highest BCUT2D eigenvalue weighted by Crippen LogP contribution is 2.58. The van der Waals surface area contributed by atoms with Crippen molar-refractivity contribution in [3.05, 3.63) is 41.8 Å². The van der Waals surface area contributed by atoms with Gasteiger partial charge in [-0.15, -0.1) is 0 Å². The SMILES string of the molecule is O=C(C1CCOCC1)N(CC12CCC(c3nc(CC4CC4)no3)(CC1)CC2)c1cccc(-c2nc(CC3CC3)no2)c1. The Kier molecular flexibility index (Phi) is 6.69. The Morgan fingerprint density at radius 2 is 1.50 bits per heavy atom. The Morgan fingerprint density at radius 3 is 2.19 bits per heavy atom. The van der Waals surface area contributed by atoms with Gasteiger partial charge in [0, 0.05) is 55.2 Å². The van der Waals surface area contributed by atoms with Crippen molar-refractivity contribution in [1.29, 1.82) is 0 Å². The number of amides is 1. The van der Waals surface area contributed by atoms with E-state index in [1.165, 1.54) is 25.7 Å². The van der Waals surface area contributed by atoms with Crippen LogP contribution in [0.3, 0.4) is 0 Å². The molecule has 1 amide bonds. The fourth-order valence-corrected chi connectivity index (χ4v) is 7.59. The summed E-state index contributed by atoms with van der Waals surface area (Å²) in [5.74, 6) is 4.71.